The van der Waals surface area contributed by atoms with Gasteiger partial charge >= 0.3 is 0 Å². The van der Waals surface area contributed by atoms with Crippen molar-refractivity contribution in [1.29, 1.82) is 0 Å². The fraction of sp³-hybridized carbons (Fsp3) is 0.250. The maximum atomic E-state index is 11.4. The Morgan fingerprint density at radius 3 is 2.61 bits per heavy atom. The third kappa shape index (κ3) is 2.92. The van der Waals surface area contributed by atoms with Crippen molar-refractivity contribution in [3.63, 3.8) is 0 Å². The Morgan fingerprint density at radius 2 is 2.00 bits per heavy atom. The molecule has 0 aliphatic rings. The van der Waals surface area contributed by atoms with Gasteiger partial charge in [-0.05, 0) is 24.6 Å². The van der Waals surface area contributed by atoms with Crippen LogP contribution in [0.5, 0.6) is 0 Å². The number of anilines is 2. The Bertz CT molecular complexity index is 577. The maximum Gasteiger partial charge on any atom is 0.273 e. The maximum absolute atomic E-state index is 11.4. The monoisotopic (exact) mass is 246 g/mol. The van der Waals surface area contributed by atoms with Crippen LogP contribution in [0.2, 0.25) is 0 Å². The number of hydrogen-bond donors (Lipinski definition) is 2. The largest absolute Gasteiger partial charge is 0.380 e. The first-order chi connectivity index (χ1) is 8.69. The zero-order valence-corrected chi connectivity index (χ0v) is 10.2. The number of aromatic amines is 1. The van der Waals surface area contributed by atoms with Crippen LogP contribution in [-0.2, 0) is 11.3 Å². The second kappa shape index (κ2) is 5.42. The highest BCUT2D eigenvalue weighted by molar-refractivity contribution is 5.53. The highest BCUT2D eigenvalue weighted by Gasteiger charge is 2.00. The normalized spacial score (nSPS) is 10.3. The van der Waals surface area contributed by atoms with Crippen LogP contribution in [0, 0.1) is 6.92 Å². The van der Waals surface area contributed by atoms with Gasteiger partial charge in [-0.3, -0.25) is 9.78 Å². The summed E-state index contributed by atoms with van der Waals surface area (Å²) in [7, 11) is 1.65. The standard InChI is InChI=1S/C12H14N4O2/c1-8-11(17)14-12(16-15-8)13-10-5-3-9(4-6-10)7-18-2/h3-6H,7H2,1-2H3,(H2,13,14,16,17). The minimum absolute atomic E-state index is 0.247. The SMILES string of the molecule is COCc1ccc(Nc2nnc(C)c(=O)[nH]2)cc1. The van der Waals surface area contributed by atoms with Crippen LogP contribution >= 0.6 is 0 Å². The van der Waals surface area contributed by atoms with Crippen LogP contribution in [0.15, 0.2) is 29.1 Å². The van der Waals surface area contributed by atoms with Crippen LogP contribution in [0.3, 0.4) is 0 Å². The number of nitrogens with zero attached hydrogens (tertiary/aromatic N) is 2. The van der Waals surface area contributed by atoms with Gasteiger partial charge in [-0.1, -0.05) is 12.1 Å². The summed E-state index contributed by atoms with van der Waals surface area (Å²) in [4.78, 5) is 14.0. The molecule has 2 rings (SSSR count). The summed E-state index contributed by atoms with van der Waals surface area (Å²) in [6, 6.07) is 7.64. The van der Waals surface area contributed by atoms with Gasteiger partial charge in [0.1, 0.15) is 5.69 Å². The molecule has 0 saturated carbocycles. The Kier molecular flexibility index (Phi) is 3.69. The number of ether oxygens (including phenoxy) is 1. The molecule has 0 radical (unpaired) electrons. The first kappa shape index (κ1) is 12.3. The second-order valence-electron chi connectivity index (χ2n) is 3.84. The average Bonchev–Trinajstić information content (AvgIpc) is 2.37. The molecule has 2 aromatic rings. The van der Waals surface area contributed by atoms with Crippen LogP contribution in [0.4, 0.5) is 11.6 Å². The molecule has 0 saturated heterocycles. The van der Waals surface area contributed by atoms with E-state index < -0.39 is 0 Å². The molecule has 0 amide bonds. The summed E-state index contributed by atoms with van der Waals surface area (Å²) in [6.45, 7) is 2.18. The number of aryl methyl sites for hydroxylation is 1. The lowest BCUT2D eigenvalue weighted by molar-refractivity contribution is 0.185. The fourth-order valence-corrected chi connectivity index (χ4v) is 1.44. The molecule has 1 aromatic carbocycles. The Morgan fingerprint density at radius 1 is 1.28 bits per heavy atom. The topological polar surface area (TPSA) is 79.9 Å². The first-order valence-electron chi connectivity index (χ1n) is 5.47. The molecular weight excluding hydrogens is 232 g/mol. The molecule has 0 bridgehead atoms. The number of nitrogens with one attached hydrogen (secondary N) is 2. The van der Waals surface area contributed by atoms with Crippen molar-refractivity contribution in [3.8, 4) is 0 Å². The van der Waals surface area contributed by atoms with Crippen LogP contribution in [0.25, 0.3) is 0 Å². The third-order valence-electron chi connectivity index (χ3n) is 2.39. The lowest BCUT2D eigenvalue weighted by Gasteiger charge is -2.05. The van der Waals surface area contributed by atoms with Crippen molar-refractivity contribution in [2.24, 2.45) is 0 Å². The predicted octanol–water partition coefficient (Wildman–Crippen LogP) is 1.36. The molecular formula is C12H14N4O2. The van der Waals surface area contributed by atoms with Gasteiger partial charge in [0.2, 0.25) is 5.95 Å². The van der Waals surface area contributed by atoms with Crippen molar-refractivity contribution < 1.29 is 4.74 Å². The second-order valence-corrected chi connectivity index (χ2v) is 3.84. The Balaban J connectivity index is 2.13. The van der Waals surface area contributed by atoms with Gasteiger partial charge in [-0.15, -0.1) is 10.2 Å². The number of H-pyrrole nitrogens is 1. The van der Waals surface area contributed by atoms with Crippen molar-refractivity contribution >= 4 is 11.6 Å². The lowest BCUT2D eigenvalue weighted by atomic mass is 10.2. The first-order valence-corrected chi connectivity index (χ1v) is 5.47. The number of hydrogen-bond acceptors (Lipinski definition) is 5. The minimum atomic E-state index is -0.247. The molecule has 2 N–H and O–H groups in total. The van der Waals surface area contributed by atoms with Crippen LogP contribution in [0.1, 0.15) is 11.3 Å². The molecule has 94 valence electrons. The lowest BCUT2D eigenvalue weighted by Crippen LogP contribution is -2.15. The molecule has 1 heterocycles. The molecule has 0 aliphatic heterocycles. The zero-order valence-electron chi connectivity index (χ0n) is 10.2. The van der Waals surface area contributed by atoms with Crippen molar-refractivity contribution in [3.05, 3.63) is 45.9 Å². The molecule has 0 atom stereocenters. The van der Waals surface area contributed by atoms with E-state index in [1.807, 2.05) is 24.3 Å². The summed E-state index contributed by atoms with van der Waals surface area (Å²) < 4.78 is 5.02. The van der Waals surface area contributed by atoms with Gasteiger partial charge in [-0.2, -0.15) is 0 Å². The van der Waals surface area contributed by atoms with Crippen LogP contribution in [-0.4, -0.2) is 22.3 Å². The van der Waals surface area contributed by atoms with Gasteiger partial charge in [-0.25, -0.2) is 0 Å². The van der Waals surface area contributed by atoms with Gasteiger partial charge in [0.25, 0.3) is 5.56 Å². The van der Waals surface area contributed by atoms with Crippen molar-refractivity contribution in [2.45, 2.75) is 13.5 Å². The summed E-state index contributed by atoms with van der Waals surface area (Å²) in [5, 5.41) is 10.6. The smallest absolute Gasteiger partial charge is 0.273 e. The number of rotatable bonds is 4. The summed E-state index contributed by atoms with van der Waals surface area (Å²) in [5.41, 5.74) is 2.00. The predicted molar refractivity (Wildman–Crippen MR) is 67.8 cm³/mol. The number of aromatic nitrogens is 3. The van der Waals surface area contributed by atoms with E-state index >= 15 is 0 Å². The highest BCUT2D eigenvalue weighted by Crippen LogP contribution is 2.13. The Labute approximate surface area is 104 Å². The van der Waals surface area contributed by atoms with Crippen LogP contribution < -0.4 is 10.9 Å². The van der Waals surface area contributed by atoms with Crippen molar-refractivity contribution in [1.82, 2.24) is 15.2 Å². The van der Waals surface area contributed by atoms with E-state index in [9.17, 15) is 4.79 Å². The highest BCUT2D eigenvalue weighted by atomic mass is 16.5. The van der Waals surface area contributed by atoms with Gasteiger partial charge < -0.3 is 10.1 Å². The Hall–Kier alpha value is -2.21. The zero-order chi connectivity index (χ0) is 13.0. The quantitative estimate of drug-likeness (QED) is 0.851. The minimum Gasteiger partial charge on any atom is -0.380 e. The number of methoxy groups -OCH3 is 1. The molecule has 0 aliphatic carbocycles. The van der Waals surface area contributed by atoms with E-state index in [2.05, 4.69) is 20.5 Å². The van der Waals surface area contributed by atoms with E-state index in [0.717, 1.165) is 11.3 Å². The summed E-state index contributed by atoms with van der Waals surface area (Å²) in [5.74, 6) is 0.324. The summed E-state index contributed by atoms with van der Waals surface area (Å²) >= 11 is 0. The number of benzene rings is 1. The van der Waals surface area contributed by atoms with Gasteiger partial charge in [0, 0.05) is 12.8 Å². The molecule has 0 fully saturated rings. The molecule has 1 aromatic heterocycles. The average molecular weight is 246 g/mol. The fourth-order valence-electron chi connectivity index (χ4n) is 1.44. The molecule has 6 nitrogen and oxygen atoms in total. The van der Waals surface area contributed by atoms with Gasteiger partial charge in [0.15, 0.2) is 0 Å². The van der Waals surface area contributed by atoms with E-state index in [4.69, 9.17) is 4.74 Å². The van der Waals surface area contributed by atoms with E-state index in [1.54, 1.807) is 14.0 Å². The molecule has 6 heteroatoms. The van der Waals surface area contributed by atoms with E-state index in [-0.39, 0.29) is 5.56 Å². The molecule has 0 spiro atoms. The summed E-state index contributed by atoms with van der Waals surface area (Å²) in [6.07, 6.45) is 0. The molecule has 18 heavy (non-hydrogen) atoms. The van der Waals surface area contributed by atoms with Gasteiger partial charge in [0.05, 0.1) is 6.61 Å². The molecule has 0 unspecified atom stereocenters. The van der Waals surface area contributed by atoms with Crippen molar-refractivity contribution in [2.75, 3.05) is 12.4 Å². The van der Waals surface area contributed by atoms with E-state index in [0.29, 0.717) is 18.2 Å². The van der Waals surface area contributed by atoms with E-state index in [1.165, 1.54) is 0 Å². The third-order valence-corrected chi connectivity index (χ3v) is 2.39.